The second-order valence-electron chi connectivity index (χ2n) is 7.10. The number of nitrogens with zero attached hydrogens (tertiary/aromatic N) is 4. The van der Waals surface area contributed by atoms with E-state index in [4.69, 9.17) is 18.0 Å². The first-order valence-electron chi connectivity index (χ1n) is 9.76. The molecule has 7 nitrogen and oxygen atoms in total. The summed E-state index contributed by atoms with van der Waals surface area (Å²) in [6.45, 7) is 6.61. The minimum Gasteiger partial charge on any atom is -0.338 e. The molecule has 30 heavy (non-hydrogen) atoms. The average molecular weight is 424 g/mol. The van der Waals surface area contributed by atoms with Gasteiger partial charge in [-0.3, -0.25) is 4.99 Å². The molecule has 8 heteroatoms. The van der Waals surface area contributed by atoms with Crippen LogP contribution in [0.4, 0.5) is 5.69 Å². The van der Waals surface area contributed by atoms with Crippen LogP contribution in [-0.4, -0.2) is 47.4 Å². The molecule has 1 atom stereocenters. The van der Waals surface area contributed by atoms with Gasteiger partial charge in [0.15, 0.2) is 11.5 Å². The highest BCUT2D eigenvalue weighted by molar-refractivity contribution is 7.79. The number of thiocarbonyl (C=S) groups is 1. The van der Waals surface area contributed by atoms with E-state index in [0.717, 1.165) is 36.9 Å². The minimum absolute atomic E-state index is 0.254. The molecule has 0 spiro atoms. The summed E-state index contributed by atoms with van der Waals surface area (Å²) in [6.07, 6.45) is 11.2. The van der Waals surface area contributed by atoms with Crippen LogP contribution in [0.5, 0.6) is 0 Å². The standard InChI is InChI=1S/C22H29N7S/c1-22(23,11-15-24-2)10-6-13-27-21(19(25-3)8-5-16-30)29-18-9-14-28-20-17(18)7-4-12-26-20/h4-5,7-9,12-14,16,24H,3,6,10-11,15,23H2,1-2H3,(H,26,28,29). The monoisotopic (exact) mass is 423 g/mol. The predicted molar refractivity (Wildman–Crippen MR) is 131 cm³/mol. The Balaban J connectivity index is 2.27. The van der Waals surface area contributed by atoms with E-state index < -0.39 is 0 Å². The Morgan fingerprint density at radius 2 is 2.10 bits per heavy atom. The number of rotatable bonds is 12. The molecule has 0 saturated heterocycles. The molecule has 0 bridgehead atoms. The average Bonchev–Trinajstić information content (AvgIpc) is 2.75. The van der Waals surface area contributed by atoms with Gasteiger partial charge in [0.2, 0.25) is 0 Å². The molecule has 2 heterocycles. The third kappa shape index (κ3) is 7.22. The molecule has 2 aromatic rings. The first-order chi connectivity index (χ1) is 14.5. The number of hydrogen-bond donors (Lipinski definition) is 3. The lowest BCUT2D eigenvalue weighted by Crippen LogP contribution is -2.38. The number of hydrogen-bond acceptors (Lipinski definition) is 8. The lowest BCUT2D eigenvalue weighted by molar-refractivity contribution is 0.404. The first kappa shape index (κ1) is 23.5. The SMILES string of the molecule is C=NC(C=CC=S)=C(N=CCCC(C)(N)CCNC)Nc1ccnc2ncccc12. The summed E-state index contributed by atoms with van der Waals surface area (Å²) in [5, 5.41) is 8.88. The third-order valence-corrected chi connectivity index (χ3v) is 4.68. The number of nitrogens with one attached hydrogen (secondary N) is 2. The van der Waals surface area contributed by atoms with Crippen LogP contribution in [0.1, 0.15) is 26.2 Å². The molecule has 0 fully saturated rings. The van der Waals surface area contributed by atoms with Crippen molar-refractivity contribution in [2.75, 3.05) is 18.9 Å². The summed E-state index contributed by atoms with van der Waals surface area (Å²) in [7, 11) is 1.93. The largest absolute Gasteiger partial charge is 0.338 e. The van der Waals surface area contributed by atoms with E-state index in [1.807, 2.05) is 31.5 Å². The van der Waals surface area contributed by atoms with Crippen molar-refractivity contribution < 1.29 is 0 Å². The Bertz CT molecular complexity index is 942. The lowest BCUT2D eigenvalue weighted by Gasteiger charge is -2.23. The Labute approximate surface area is 183 Å². The van der Waals surface area contributed by atoms with Gasteiger partial charge in [-0.25, -0.2) is 15.0 Å². The van der Waals surface area contributed by atoms with Crippen LogP contribution in [0, 0.1) is 0 Å². The number of pyridine rings is 2. The molecular formula is C22H29N7S. The van der Waals surface area contributed by atoms with Gasteiger partial charge in [-0.05, 0) is 76.8 Å². The summed E-state index contributed by atoms with van der Waals surface area (Å²) in [5.74, 6) is 0.559. The van der Waals surface area contributed by atoms with E-state index in [2.05, 4.69) is 44.2 Å². The quantitative estimate of drug-likeness (QED) is 0.209. The van der Waals surface area contributed by atoms with Crippen molar-refractivity contribution in [3.63, 3.8) is 0 Å². The molecule has 2 rings (SSSR count). The van der Waals surface area contributed by atoms with Crippen molar-refractivity contribution in [2.24, 2.45) is 15.7 Å². The highest BCUT2D eigenvalue weighted by Crippen LogP contribution is 2.23. The van der Waals surface area contributed by atoms with Gasteiger partial charge in [0, 0.05) is 34.9 Å². The summed E-state index contributed by atoms with van der Waals surface area (Å²) in [5.41, 5.74) is 8.16. The maximum absolute atomic E-state index is 6.36. The van der Waals surface area contributed by atoms with Gasteiger partial charge < -0.3 is 16.4 Å². The van der Waals surface area contributed by atoms with Gasteiger partial charge in [0.1, 0.15) is 5.70 Å². The van der Waals surface area contributed by atoms with Crippen molar-refractivity contribution in [3.8, 4) is 0 Å². The molecule has 4 N–H and O–H groups in total. The Kier molecular flexibility index (Phi) is 9.40. The van der Waals surface area contributed by atoms with E-state index >= 15 is 0 Å². The Hall–Kier alpha value is -2.81. The normalized spacial score (nSPS) is 14.6. The Morgan fingerprint density at radius 3 is 2.83 bits per heavy atom. The zero-order valence-corrected chi connectivity index (χ0v) is 18.3. The van der Waals surface area contributed by atoms with Crippen molar-refractivity contribution in [3.05, 3.63) is 54.3 Å². The number of allylic oxidation sites excluding steroid dienone is 2. The predicted octanol–water partition coefficient (Wildman–Crippen LogP) is 3.65. The minimum atomic E-state index is -0.254. The molecule has 0 aliphatic rings. The molecule has 1 unspecified atom stereocenters. The number of fused-ring (bicyclic) bond motifs is 1. The molecule has 0 amide bonds. The van der Waals surface area contributed by atoms with Gasteiger partial charge >= 0.3 is 0 Å². The molecule has 0 aliphatic heterocycles. The molecule has 0 aliphatic carbocycles. The molecule has 158 valence electrons. The highest BCUT2D eigenvalue weighted by Gasteiger charge is 2.16. The summed E-state index contributed by atoms with van der Waals surface area (Å²) in [4.78, 5) is 17.3. The van der Waals surface area contributed by atoms with Gasteiger partial charge in [-0.1, -0.05) is 12.2 Å². The van der Waals surface area contributed by atoms with Gasteiger partial charge in [0.25, 0.3) is 0 Å². The molecular weight excluding hydrogens is 394 g/mol. The number of anilines is 1. The van der Waals surface area contributed by atoms with E-state index in [1.54, 1.807) is 24.5 Å². The summed E-state index contributed by atoms with van der Waals surface area (Å²) < 4.78 is 0. The molecule has 0 aromatic carbocycles. The Morgan fingerprint density at radius 1 is 1.30 bits per heavy atom. The fraction of sp³-hybridized carbons (Fsp3) is 0.318. The smallest absolute Gasteiger partial charge is 0.161 e. The molecule has 2 aromatic heterocycles. The van der Waals surface area contributed by atoms with Gasteiger partial charge in [-0.15, -0.1) is 0 Å². The van der Waals surface area contributed by atoms with Crippen LogP contribution >= 0.6 is 12.2 Å². The van der Waals surface area contributed by atoms with Crippen LogP contribution in [-0.2, 0) is 0 Å². The topological polar surface area (TPSA) is 101 Å². The summed E-state index contributed by atoms with van der Waals surface area (Å²) >= 11 is 4.89. The fourth-order valence-electron chi connectivity index (χ4n) is 2.80. The van der Waals surface area contributed by atoms with Crippen molar-refractivity contribution >= 4 is 47.2 Å². The van der Waals surface area contributed by atoms with E-state index in [-0.39, 0.29) is 5.54 Å². The third-order valence-electron chi connectivity index (χ3n) is 4.52. The van der Waals surface area contributed by atoms with E-state index in [9.17, 15) is 0 Å². The van der Waals surface area contributed by atoms with Crippen LogP contribution in [0.3, 0.4) is 0 Å². The zero-order valence-electron chi connectivity index (χ0n) is 17.5. The van der Waals surface area contributed by atoms with Crippen LogP contribution in [0.15, 0.2) is 64.2 Å². The number of nitrogens with two attached hydrogens (primary N) is 1. The first-order valence-corrected chi connectivity index (χ1v) is 10.2. The molecule has 0 saturated carbocycles. The van der Waals surface area contributed by atoms with E-state index in [0.29, 0.717) is 17.2 Å². The van der Waals surface area contributed by atoms with Gasteiger partial charge in [-0.2, -0.15) is 0 Å². The van der Waals surface area contributed by atoms with Gasteiger partial charge in [0.05, 0.1) is 5.69 Å². The number of aliphatic imine (C=N–C) groups is 2. The maximum atomic E-state index is 6.36. The fourth-order valence-corrected chi connectivity index (χ4v) is 2.88. The van der Waals surface area contributed by atoms with Crippen molar-refractivity contribution in [1.82, 2.24) is 15.3 Å². The second kappa shape index (κ2) is 12.0. The maximum Gasteiger partial charge on any atom is 0.161 e. The number of aromatic nitrogens is 2. The van der Waals surface area contributed by atoms with Crippen LogP contribution in [0.2, 0.25) is 0 Å². The van der Waals surface area contributed by atoms with Crippen molar-refractivity contribution in [1.29, 1.82) is 0 Å². The second-order valence-corrected chi connectivity index (χ2v) is 7.38. The van der Waals surface area contributed by atoms with Crippen LogP contribution in [0.25, 0.3) is 11.0 Å². The van der Waals surface area contributed by atoms with Crippen molar-refractivity contribution in [2.45, 2.75) is 31.7 Å². The summed E-state index contributed by atoms with van der Waals surface area (Å²) in [6, 6.07) is 5.69. The lowest BCUT2D eigenvalue weighted by atomic mass is 9.93. The highest BCUT2D eigenvalue weighted by atomic mass is 32.1. The van der Waals surface area contributed by atoms with Crippen LogP contribution < -0.4 is 16.4 Å². The zero-order chi connectivity index (χ0) is 21.8. The van der Waals surface area contributed by atoms with E-state index in [1.165, 1.54) is 5.37 Å². The molecule has 0 radical (unpaired) electrons.